The lowest BCUT2D eigenvalue weighted by Gasteiger charge is -2.23. The van der Waals surface area contributed by atoms with E-state index in [2.05, 4.69) is 15.3 Å². The van der Waals surface area contributed by atoms with Gasteiger partial charge in [-0.05, 0) is 31.2 Å². The van der Waals surface area contributed by atoms with E-state index < -0.39 is 47.2 Å². The number of hydrogen-bond acceptors (Lipinski definition) is 3. The second-order valence-corrected chi connectivity index (χ2v) is 7.11. The third kappa shape index (κ3) is 4.52. The molecule has 0 bridgehead atoms. The second kappa shape index (κ2) is 7.83. The van der Waals surface area contributed by atoms with Crippen molar-refractivity contribution in [3.8, 4) is 0 Å². The van der Waals surface area contributed by atoms with Gasteiger partial charge in [0.25, 0.3) is 5.91 Å². The number of nitrogens with one attached hydrogen (secondary N) is 1. The Morgan fingerprint density at radius 3 is 2.38 bits per heavy atom. The molecule has 0 fully saturated rings. The maximum Gasteiger partial charge on any atom is 0.417 e. The van der Waals surface area contributed by atoms with Crippen LogP contribution in [0.3, 0.4) is 0 Å². The molecular weight excluding hydrogens is 442 g/mol. The highest BCUT2D eigenvalue weighted by atomic mass is 19.4. The Labute approximate surface area is 176 Å². The second-order valence-electron chi connectivity index (χ2n) is 7.11. The molecular formula is C20H14F6N4O2. The lowest BCUT2D eigenvalue weighted by molar-refractivity contribution is -0.137. The number of rotatable bonds is 4. The number of carbonyl (C=O) groups is 1. The maximum atomic E-state index is 13.2. The van der Waals surface area contributed by atoms with Crippen molar-refractivity contribution in [2.24, 2.45) is 0 Å². The SMILES string of the molecule is [C-]#[N+]c1ccc(NC(=O)[C@@](C)(O)Cn2ncc3c(C(F)(F)F)cccc32)cc1C(F)(F)F. The molecule has 0 aliphatic carbocycles. The number of amides is 1. The Balaban J connectivity index is 1.87. The molecule has 12 heteroatoms. The summed E-state index contributed by atoms with van der Waals surface area (Å²) >= 11 is 0. The molecule has 0 radical (unpaired) electrons. The molecule has 1 aromatic heterocycles. The molecule has 2 aromatic carbocycles. The number of hydrogen-bond donors (Lipinski definition) is 2. The van der Waals surface area contributed by atoms with Crippen LogP contribution in [-0.2, 0) is 23.7 Å². The van der Waals surface area contributed by atoms with Crippen molar-refractivity contribution in [3.05, 3.63) is 65.1 Å². The largest absolute Gasteiger partial charge is 0.417 e. The topological polar surface area (TPSA) is 71.5 Å². The summed E-state index contributed by atoms with van der Waals surface area (Å²) in [5.74, 6) is -1.11. The molecule has 0 spiro atoms. The average molecular weight is 456 g/mol. The van der Waals surface area contributed by atoms with Gasteiger partial charge >= 0.3 is 12.4 Å². The van der Waals surface area contributed by atoms with E-state index in [1.54, 1.807) is 0 Å². The van der Waals surface area contributed by atoms with Crippen molar-refractivity contribution >= 4 is 28.2 Å². The Morgan fingerprint density at radius 1 is 1.12 bits per heavy atom. The molecule has 2 N–H and O–H groups in total. The fraction of sp³-hybridized carbons (Fsp3) is 0.250. The van der Waals surface area contributed by atoms with Gasteiger partial charge in [0.05, 0.1) is 36.0 Å². The summed E-state index contributed by atoms with van der Waals surface area (Å²) in [5.41, 5.74) is -5.42. The Hall–Kier alpha value is -3.59. The van der Waals surface area contributed by atoms with Crippen molar-refractivity contribution in [2.45, 2.75) is 31.4 Å². The summed E-state index contributed by atoms with van der Waals surface area (Å²) in [6, 6.07) is 5.83. The van der Waals surface area contributed by atoms with Gasteiger partial charge in [0.2, 0.25) is 0 Å². The van der Waals surface area contributed by atoms with Gasteiger partial charge in [0, 0.05) is 11.1 Å². The van der Waals surface area contributed by atoms with E-state index in [4.69, 9.17) is 6.57 Å². The molecule has 3 rings (SSSR count). The third-order valence-electron chi connectivity index (χ3n) is 4.62. The van der Waals surface area contributed by atoms with Gasteiger partial charge in [-0.1, -0.05) is 12.1 Å². The van der Waals surface area contributed by atoms with Gasteiger partial charge in [0.1, 0.15) is 0 Å². The number of nitrogens with zero attached hydrogens (tertiary/aromatic N) is 3. The maximum absolute atomic E-state index is 13.2. The fourth-order valence-corrected chi connectivity index (χ4v) is 3.04. The van der Waals surface area contributed by atoms with Crippen LogP contribution in [0.2, 0.25) is 0 Å². The predicted molar refractivity (Wildman–Crippen MR) is 102 cm³/mol. The number of carbonyl (C=O) groups excluding carboxylic acids is 1. The fourth-order valence-electron chi connectivity index (χ4n) is 3.04. The molecule has 1 heterocycles. The van der Waals surface area contributed by atoms with Gasteiger partial charge in [-0.15, -0.1) is 0 Å². The van der Waals surface area contributed by atoms with Gasteiger partial charge < -0.3 is 10.4 Å². The molecule has 3 aromatic rings. The van der Waals surface area contributed by atoms with Crippen molar-refractivity contribution in [1.82, 2.24) is 9.78 Å². The number of fused-ring (bicyclic) bond motifs is 1. The molecule has 0 unspecified atom stereocenters. The number of halogens is 6. The molecule has 0 aliphatic heterocycles. The number of anilines is 1. The van der Waals surface area contributed by atoms with E-state index in [9.17, 15) is 36.2 Å². The van der Waals surface area contributed by atoms with E-state index >= 15 is 0 Å². The zero-order chi connectivity index (χ0) is 23.9. The summed E-state index contributed by atoms with van der Waals surface area (Å²) < 4.78 is 79.8. The number of aromatic nitrogens is 2. The minimum atomic E-state index is -4.84. The smallest absolute Gasteiger partial charge is 0.378 e. The molecule has 32 heavy (non-hydrogen) atoms. The highest BCUT2D eigenvalue weighted by Crippen LogP contribution is 2.38. The normalized spacial score (nSPS) is 14.1. The van der Waals surface area contributed by atoms with Crippen molar-refractivity contribution in [3.63, 3.8) is 0 Å². The average Bonchev–Trinajstić information content (AvgIpc) is 3.08. The number of alkyl halides is 6. The zero-order valence-electron chi connectivity index (χ0n) is 16.2. The van der Waals surface area contributed by atoms with Crippen LogP contribution in [0, 0.1) is 6.57 Å². The van der Waals surface area contributed by atoms with Crippen molar-refractivity contribution in [1.29, 1.82) is 0 Å². The van der Waals surface area contributed by atoms with Crippen LogP contribution in [0.25, 0.3) is 15.7 Å². The van der Waals surface area contributed by atoms with Crippen molar-refractivity contribution < 1.29 is 36.2 Å². The minimum absolute atomic E-state index is 0.00803. The Morgan fingerprint density at radius 2 is 1.78 bits per heavy atom. The summed E-state index contributed by atoms with van der Waals surface area (Å²) in [6.45, 7) is 7.29. The predicted octanol–water partition coefficient (Wildman–Crippen LogP) is 5.01. The van der Waals surface area contributed by atoms with E-state index in [1.165, 1.54) is 6.07 Å². The van der Waals surface area contributed by atoms with Gasteiger partial charge in [0.15, 0.2) is 11.3 Å². The number of aliphatic hydroxyl groups is 1. The Kier molecular flexibility index (Phi) is 5.65. The molecule has 1 atom stereocenters. The highest BCUT2D eigenvalue weighted by molar-refractivity contribution is 5.97. The first-order valence-electron chi connectivity index (χ1n) is 8.88. The van der Waals surface area contributed by atoms with Gasteiger partial charge in [-0.3, -0.25) is 9.48 Å². The molecule has 168 valence electrons. The van der Waals surface area contributed by atoms with Gasteiger partial charge in [-0.25, -0.2) is 4.85 Å². The van der Waals surface area contributed by atoms with Crippen LogP contribution in [0.4, 0.5) is 37.7 Å². The lowest BCUT2D eigenvalue weighted by atomic mass is 10.0. The van der Waals surface area contributed by atoms with E-state index in [0.717, 1.165) is 42.1 Å². The summed E-state index contributed by atoms with van der Waals surface area (Å²) in [6.07, 6.45) is -8.53. The summed E-state index contributed by atoms with van der Waals surface area (Å²) in [4.78, 5) is 15.3. The van der Waals surface area contributed by atoms with Crippen LogP contribution >= 0.6 is 0 Å². The first-order valence-corrected chi connectivity index (χ1v) is 8.88. The molecule has 0 saturated heterocycles. The molecule has 0 saturated carbocycles. The van der Waals surface area contributed by atoms with Crippen LogP contribution in [0.15, 0.2) is 42.6 Å². The van der Waals surface area contributed by atoms with Crippen LogP contribution in [-0.4, -0.2) is 26.4 Å². The minimum Gasteiger partial charge on any atom is -0.378 e. The van der Waals surface area contributed by atoms with E-state index in [1.807, 2.05) is 0 Å². The Bertz CT molecular complexity index is 1220. The third-order valence-corrected chi connectivity index (χ3v) is 4.62. The summed E-state index contributed by atoms with van der Waals surface area (Å²) in [7, 11) is 0. The number of benzene rings is 2. The van der Waals surface area contributed by atoms with Gasteiger partial charge in [-0.2, -0.15) is 31.4 Å². The lowest BCUT2D eigenvalue weighted by Crippen LogP contribution is -2.44. The van der Waals surface area contributed by atoms with Crippen LogP contribution in [0.1, 0.15) is 18.1 Å². The molecule has 1 amide bonds. The monoisotopic (exact) mass is 456 g/mol. The standard InChI is InChI=1S/C20H14F6N4O2/c1-18(32,10-30-16-5-3-4-13(19(21,22)23)12(16)9-28-30)17(31)29-11-6-7-15(27-2)14(8-11)20(24,25)26/h3-9,32H,10H2,1H3,(H,29,31)/t18-/m0/s1. The first-order chi connectivity index (χ1) is 14.7. The quantitative estimate of drug-likeness (QED) is 0.428. The molecule has 6 nitrogen and oxygen atoms in total. The van der Waals surface area contributed by atoms with E-state index in [0.29, 0.717) is 6.07 Å². The zero-order valence-corrected chi connectivity index (χ0v) is 16.2. The first kappa shape index (κ1) is 23.1. The van der Waals surface area contributed by atoms with E-state index in [-0.39, 0.29) is 16.6 Å². The van der Waals surface area contributed by atoms with Crippen LogP contribution < -0.4 is 5.32 Å². The molecule has 0 aliphatic rings. The highest BCUT2D eigenvalue weighted by Gasteiger charge is 2.36. The summed E-state index contributed by atoms with van der Waals surface area (Å²) in [5, 5.41) is 16.3. The van der Waals surface area contributed by atoms with Crippen LogP contribution in [0.5, 0.6) is 0 Å². The van der Waals surface area contributed by atoms with Crippen molar-refractivity contribution in [2.75, 3.05) is 5.32 Å².